The Morgan fingerprint density at radius 2 is 2.26 bits per heavy atom. The Bertz CT molecular complexity index is 580. The SMILES string of the molecule is CCN1C(=O)CC(Nc2ccc(C#N)cc2Br)C1=O. The molecule has 0 saturated carbocycles. The molecule has 2 rings (SSSR count). The summed E-state index contributed by atoms with van der Waals surface area (Å²) in [4.78, 5) is 24.8. The highest BCUT2D eigenvalue weighted by atomic mass is 79.9. The zero-order valence-electron chi connectivity index (χ0n) is 10.3. The molecule has 1 unspecified atom stereocenters. The number of nitrogens with zero attached hydrogens (tertiary/aromatic N) is 2. The van der Waals surface area contributed by atoms with Crippen LogP contribution < -0.4 is 5.32 Å². The molecule has 1 N–H and O–H groups in total. The van der Waals surface area contributed by atoms with Gasteiger partial charge in [-0.3, -0.25) is 14.5 Å². The van der Waals surface area contributed by atoms with Crippen LogP contribution in [0.5, 0.6) is 0 Å². The van der Waals surface area contributed by atoms with Crippen LogP contribution in [0.3, 0.4) is 0 Å². The molecule has 6 heteroatoms. The summed E-state index contributed by atoms with van der Waals surface area (Å²) in [6.07, 6.45) is 0.166. The number of rotatable bonds is 3. The second-order valence-corrected chi connectivity index (χ2v) is 5.04. The quantitative estimate of drug-likeness (QED) is 0.863. The molecule has 5 nitrogen and oxygen atoms in total. The number of carbonyl (C=O) groups is 2. The van der Waals surface area contributed by atoms with E-state index in [1.54, 1.807) is 25.1 Å². The van der Waals surface area contributed by atoms with Crippen LogP contribution in [0.15, 0.2) is 22.7 Å². The third kappa shape index (κ3) is 2.61. The molecule has 1 atom stereocenters. The monoisotopic (exact) mass is 321 g/mol. The number of hydrogen-bond donors (Lipinski definition) is 1. The van der Waals surface area contributed by atoms with Crippen LogP contribution in [0.2, 0.25) is 0 Å². The number of imide groups is 1. The van der Waals surface area contributed by atoms with Gasteiger partial charge >= 0.3 is 0 Å². The highest BCUT2D eigenvalue weighted by Crippen LogP contribution is 2.26. The zero-order chi connectivity index (χ0) is 14.0. The molecule has 0 bridgehead atoms. The van der Waals surface area contributed by atoms with Crippen molar-refractivity contribution in [1.29, 1.82) is 5.26 Å². The molecule has 0 aliphatic carbocycles. The third-order valence-electron chi connectivity index (χ3n) is 2.99. The first-order valence-electron chi connectivity index (χ1n) is 5.87. The Kier molecular flexibility index (Phi) is 3.86. The molecule has 1 aliphatic heterocycles. The molecule has 1 aliphatic rings. The van der Waals surface area contributed by atoms with Gasteiger partial charge in [0.05, 0.1) is 18.1 Å². The molecule has 1 fully saturated rings. The number of hydrogen-bond acceptors (Lipinski definition) is 4. The summed E-state index contributed by atoms with van der Waals surface area (Å²) in [6, 6.07) is 6.55. The molecule has 1 aromatic rings. The maximum atomic E-state index is 12.0. The lowest BCUT2D eigenvalue weighted by Gasteiger charge is -2.15. The van der Waals surface area contributed by atoms with E-state index in [0.29, 0.717) is 22.3 Å². The maximum absolute atomic E-state index is 12.0. The fraction of sp³-hybridized carbons (Fsp3) is 0.308. The highest BCUT2D eigenvalue weighted by molar-refractivity contribution is 9.10. The van der Waals surface area contributed by atoms with E-state index in [4.69, 9.17) is 5.26 Å². The summed E-state index contributed by atoms with van der Waals surface area (Å²) < 4.78 is 0.696. The zero-order valence-corrected chi connectivity index (χ0v) is 11.9. The van der Waals surface area contributed by atoms with Gasteiger partial charge in [-0.15, -0.1) is 0 Å². The van der Waals surface area contributed by atoms with Crippen LogP contribution >= 0.6 is 15.9 Å². The second-order valence-electron chi connectivity index (χ2n) is 4.18. The topological polar surface area (TPSA) is 73.2 Å². The number of likely N-dealkylation sites (tertiary alicyclic amines) is 1. The van der Waals surface area contributed by atoms with Gasteiger partial charge in [-0.25, -0.2) is 0 Å². The van der Waals surface area contributed by atoms with Crippen molar-refractivity contribution in [3.63, 3.8) is 0 Å². The van der Waals surface area contributed by atoms with Gasteiger partial charge in [0.2, 0.25) is 5.91 Å². The standard InChI is InChI=1S/C13H12BrN3O2/c1-2-17-12(18)6-11(13(17)19)16-10-4-3-8(7-15)5-9(10)14/h3-5,11,16H,2,6H2,1H3. The minimum absolute atomic E-state index is 0.158. The lowest BCUT2D eigenvalue weighted by molar-refractivity contribution is -0.138. The minimum Gasteiger partial charge on any atom is -0.372 e. The Morgan fingerprint density at radius 1 is 1.53 bits per heavy atom. The van der Waals surface area contributed by atoms with Gasteiger partial charge in [-0.05, 0) is 41.1 Å². The number of amides is 2. The second kappa shape index (κ2) is 5.41. The van der Waals surface area contributed by atoms with Gasteiger partial charge < -0.3 is 5.32 Å². The number of halogens is 1. The number of nitrogens with one attached hydrogen (secondary N) is 1. The number of anilines is 1. The van der Waals surface area contributed by atoms with Crippen molar-refractivity contribution in [2.45, 2.75) is 19.4 Å². The Hall–Kier alpha value is -1.87. The van der Waals surface area contributed by atoms with Gasteiger partial charge in [-0.2, -0.15) is 5.26 Å². The van der Waals surface area contributed by atoms with Crippen molar-refractivity contribution < 1.29 is 9.59 Å². The molecule has 1 aromatic carbocycles. The number of likely N-dealkylation sites (N-methyl/N-ethyl adjacent to an activating group) is 1. The van der Waals surface area contributed by atoms with Crippen LogP contribution in [0.25, 0.3) is 0 Å². The van der Waals surface area contributed by atoms with Crippen molar-refractivity contribution in [3.8, 4) is 6.07 Å². The lowest BCUT2D eigenvalue weighted by atomic mass is 10.2. The first kappa shape index (κ1) is 13.6. The van der Waals surface area contributed by atoms with Crippen molar-refractivity contribution in [1.82, 2.24) is 4.90 Å². The lowest BCUT2D eigenvalue weighted by Crippen LogP contribution is -2.34. The van der Waals surface area contributed by atoms with Crippen LogP contribution in [-0.4, -0.2) is 29.3 Å². The van der Waals surface area contributed by atoms with Gasteiger partial charge in [-0.1, -0.05) is 0 Å². The molecule has 1 saturated heterocycles. The smallest absolute Gasteiger partial charge is 0.252 e. The molecule has 1 heterocycles. The molecule has 19 heavy (non-hydrogen) atoms. The predicted octanol–water partition coefficient (Wildman–Crippen LogP) is 1.88. The fourth-order valence-corrected chi connectivity index (χ4v) is 2.51. The van der Waals surface area contributed by atoms with Crippen molar-refractivity contribution in [2.75, 3.05) is 11.9 Å². The van der Waals surface area contributed by atoms with Crippen LogP contribution in [0.4, 0.5) is 5.69 Å². The van der Waals surface area contributed by atoms with E-state index < -0.39 is 6.04 Å². The van der Waals surface area contributed by atoms with Gasteiger partial charge in [0.1, 0.15) is 6.04 Å². The number of nitriles is 1. The maximum Gasteiger partial charge on any atom is 0.252 e. The van der Waals surface area contributed by atoms with Crippen LogP contribution in [0, 0.1) is 11.3 Å². The van der Waals surface area contributed by atoms with E-state index in [1.165, 1.54) is 4.90 Å². The summed E-state index contributed by atoms with van der Waals surface area (Å²) in [6.45, 7) is 2.17. The molecular weight excluding hydrogens is 310 g/mol. The van der Waals surface area contributed by atoms with Crippen molar-refractivity contribution in [2.24, 2.45) is 0 Å². The first-order valence-corrected chi connectivity index (χ1v) is 6.66. The molecule has 98 valence electrons. The van der Waals surface area contributed by atoms with Gasteiger partial charge in [0.25, 0.3) is 5.91 Å². The molecule has 2 amide bonds. The Labute approximate surface area is 119 Å². The van der Waals surface area contributed by atoms with E-state index in [0.717, 1.165) is 0 Å². The summed E-state index contributed by atoms with van der Waals surface area (Å²) in [7, 11) is 0. The number of carbonyl (C=O) groups excluding carboxylic acids is 2. The summed E-state index contributed by atoms with van der Waals surface area (Å²) in [5.41, 5.74) is 1.23. The van der Waals surface area contributed by atoms with E-state index in [2.05, 4.69) is 21.2 Å². The Morgan fingerprint density at radius 3 is 2.79 bits per heavy atom. The average Bonchev–Trinajstić information content (AvgIpc) is 2.66. The number of benzene rings is 1. The van der Waals surface area contributed by atoms with Crippen LogP contribution in [0.1, 0.15) is 18.9 Å². The average molecular weight is 322 g/mol. The fourth-order valence-electron chi connectivity index (χ4n) is 2.02. The summed E-state index contributed by atoms with van der Waals surface area (Å²) in [5, 5.41) is 11.8. The van der Waals surface area contributed by atoms with Crippen molar-refractivity contribution in [3.05, 3.63) is 28.2 Å². The largest absolute Gasteiger partial charge is 0.372 e. The predicted molar refractivity (Wildman–Crippen MR) is 73.3 cm³/mol. The van der Waals surface area contributed by atoms with E-state index in [1.807, 2.05) is 6.07 Å². The normalized spacial score (nSPS) is 18.6. The highest BCUT2D eigenvalue weighted by Gasteiger charge is 2.37. The Balaban J connectivity index is 2.17. The molecular formula is C13H12BrN3O2. The molecule has 0 radical (unpaired) electrons. The molecule has 0 aromatic heterocycles. The summed E-state index contributed by atoms with van der Waals surface area (Å²) in [5.74, 6) is -0.362. The van der Waals surface area contributed by atoms with Crippen molar-refractivity contribution >= 4 is 33.4 Å². The first-order chi connectivity index (χ1) is 9.06. The van der Waals surface area contributed by atoms with E-state index >= 15 is 0 Å². The molecule has 0 spiro atoms. The van der Waals surface area contributed by atoms with Gasteiger partial charge in [0, 0.05) is 16.7 Å². The minimum atomic E-state index is -0.531. The van der Waals surface area contributed by atoms with E-state index in [9.17, 15) is 9.59 Å². The van der Waals surface area contributed by atoms with Gasteiger partial charge in [0.15, 0.2) is 0 Å². The van der Waals surface area contributed by atoms with E-state index in [-0.39, 0.29) is 18.2 Å². The van der Waals surface area contributed by atoms with Crippen LogP contribution in [-0.2, 0) is 9.59 Å². The third-order valence-corrected chi connectivity index (χ3v) is 3.64. The summed E-state index contributed by atoms with van der Waals surface area (Å²) >= 11 is 3.34.